The Bertz CT molecular complexity index is 404. The average Bonchev–Trinajstić information content (AvgIpc) is 2.63. The summed E-state index contributed by atoms with van der Waals surface area (Å²) in [7, 11) is 0. The van der Waals surface area contributed by atoms with E-state index in [9.17, 15) is 9.59 Å². The molecular weight excluding hydrogens is 288 g/mol. The molecule has 1 saturated heterocycles. The van der Waals surface area contributed by atoms with Crippen molar-refractivity contribution in [3.05, 3.63) is 0 Å². The van der Waals surface area contributed by atoms with Crippen LogP contribution in [0.3, 0.4) is 0 Å². The lowest BCUT2D eigenvalue weighted by molar-refractivity contribution is -0.139. The summed E-state index contributed by atoms with van der Waals surface area (Å²) >= 11 is 0. The van der Waals surface area contributed by atoms with Gasteiger partial charge in [-0.3, -0.25) is 9.59 Å². The van der Waals surface area contributed by atoms with Gasteiger partial charge in [0.15, 0.2) is 0 Å². The number of hydrogen-bond acceptors (Lipinski definition) is 2. The quantitative estimate of drug-likeness (QED) is 0.868. The van der Waals surface area contributed by atoms with E-state index in [1.165, 1.54) is 25.7 Å². The van der Waals surface area contributed by atoms with E-state index in [0.717, 1.165) is 64.5 Å². The van der Waals surface area contributed by atoms with Crippen molar-refractivity contribution in [2.24, 2.45) is 11.8 Å². The number of hydrogen-bond donors (Lipinski definition) is 1. The minimum Gasteiger partial charge on any atom is -0.353 e. The van der Waals surface area contributed by atoms with Crippen LogP contribution >= 0.6 is 0 Å². The third kappa shape index (κ3) is 4.48. The van der Waals surface area contributed by atoms with Crippen LogP contribution in [0.4, 0.5) is 0 Å². The molecule has 0 radical (unpaired) electrons. The van der Waals surface area contributed by atoms with E-state index in [1.54, 1.807) is 0 Å². The molecule has 130 valence electrons. The van der Waals surface area contributed by atoms with Crippen molar-refractivity contribution >= 4 is 11.8 Å². The third-order valence-corrected chi connectivity index (χ3v) is 6.07. The fourth-order valence-electron chi connectivity index (χ4n) is 4.54. The summed E-state index contributed by atoms with van der Waals surface area (Å²) in [4.78, 5) is 27.1. The number of rotatable bonds is 3. The van der Waals surface area contributed by atoms with Crippen molar-refractivity contribution in [2.45, 2.75) is 83.1 Å². The summed E-state index contributed by atoms with van der Waals surface area (Å²) in [6.45, 7) is 1.89. The number of carbonyl (C=O) groups is 2. The topological polar surface area (TPSA) is 49.4 Å². The number of carbonyl (C=O) groups excluding carboxylic acids is 2. The van der Waals surface area contributed by atoms with Crippen molar-refractivity contribution in [1.82, 2.24) is 10.2 Å². The second-order valence-corrected chi connectivity index (χ2v) is 7.78. The summed E-state index contributed by atoms with van der Waals surface area (Å²) in [6.07, 6.45) is 13.3. The van der Waals surface area contributed by atoms with Gasteiger partial charge >= 0.3 is 0 Å². The van der Waals surface area contributed by atoms with Gasteiger partial charge < -0.3 is 10.2 Å². The Morgan fingerprint density at radius 2 is 1.26 bits per heavy atom. The smallest absolute Gasteiger partial charge is 0.225 e. The van der Waals surface area contributed by atoms with Crippen molar-refractivity contribution in [3.63, 3.8) is 0 Å². The predicted molar refractivity (Wildman–Crippen MR) is 90.9 cm³/mol. The average molecular weight is 320 g/mol. The first-order valence-corrected chi connectivity index (χ1v) is 9.83. The van der Waals surface area contributed by atoms with Crippen LogP contribution in [0.25, 0.3) is 0 Å². The van der Waals surface area contributed by atoms with E-state index < -0.39 is 0 Å². The van der Waals surface area contributed by atoms with Crippen molar-refractivity contribution in [3.8, 4) is 0 Å². The fourth-order valence-corrected chi connectivity index (χ4v) is 4.54. The maximum Gasteiger partial charge on any atom is 0.225 e. The molecule has 2 aliphatic carbocycles. The number of piperidine rings is 1. The molecule has 0 unspecified atom stereocenters. The van der Waals surface area contributed by atoms with Crippen LogP contribution in [0.5, 0.6) is 0 Å². The molecule has 2 amide bonds. The van der Waals surface area contributed by atoms with E-state index in [2.05, 4.69) is 10.2 Å². The highest BCUT2D eigenvalue weighted by molar-refractivity contribution is 5.81. The monoisotopic (exact) mass is 320 g/mol. The molecule has 0 bridgehead atoms. The Morgan fingerprint density at radius 3 is 1.91 bits per heavy atom. The molecule has 3 rings (SSSR count). The Hall–Kier alpha value is -1.06. The fraction of sp³-hybridized carbons (Fsp3) is 0.895. The van der Waals surface area contributed by atoms with E-state index in [0.29, 0.717) is 11.9 Å². The van der Waals surface area contributed by atoms with Gasteiger partial charge in [0.1, 0.15) is 0 Å². The molecule has 0 atom stereocenters. The minimum absolute atomic E-state index is 0.141. The summed E-state index contributed by atoms with van der Waals surface area (Å²) in [5.74, 6) is 0.922. The van der Waals surface area contributed by atoms with Gasteiger partial charge in [0, 0.05) is 31.0 Å². The zero-order chi connectivity index (χ0) is 16.1. The van der Waals surface area contributed by atoms with E-state index in [1.807, 2.05) is 0 Å². The van der Waals surface area contributed by atoms with Crippen LogP contribution < -0.4 is 5.32 Å². The summed E-state index contributed by atoms with van der Waals surface area (Å²) < 4.78 is 0. The molecule has 0 aromatic rings. The first-order chi connectivity index (χ1) is 11.2. The molecule has 3 fully saturated rings. The highest BCUT2D eigenvalue weighted by Crippen LogP contribution is 2.31. The lowest BCUT2D eigenvalue weighted by Gasteiger charge is -2.34. The van der Waals surface area contributed by atoms with Crippen molar-refractivity contribution < 1.29 is 9.59 Å². The molecule has 4 nitrogen and oxygen atoms in total. The van der Waals surface area contributed by atoms with E-state index >= 15 is 0 Å². The lowest BCUT2D eigenvalue weighted by Crippen LogP contribution is -2.43. The zero-order valence-electron chi connectivity index (χ0n) is 14.4. The molecule has 0 spiro atoms. The maximum atomic E-state index is 12.6. The normalized spacial score (nSPS) is 30.0. The van der Waals surface area contributed by atoms with Crippen molar-refractivity contribution in [2.75, 3.05) is 13.1 Å². The van der Waals surface area contributed by atoms with Crippen LogP contribution in [-0.4, -0.2) is 35.8 Å². The van der Waals surface area contributed by atoms with Crippen LogP contribution in [-0.2, 0) is 9.59 Å². The summed E-state index contributed by atoms with van der Waals surface area (Å²) in [5.41, 5.74) is 0. The van der Waals surface area contributed by atoms with Crippen LogP contribution in [0, 0.1) is 11.8 Å². The van der Waals surface area contributed by atoms with E-state index in [-0.39, 0.29) is 17.7 Å². The van der Waals surface area contributed by atoms with Crippen LogP contribution in [0.2, 0.25) is 0 Å². The van der Waals surface area contributed by atoms with Gasteiger partial charge in [-0.2, -0.15) is 0 Å². The SMILES string of the molecule is O=C(NC1CCCCC1)C1CCC(C(=O)N2CCCCC2)CC1. The maximum absolute atomic E-state index is 12.6. The van der Waals surface area contributed by atoms with Gasteiger partial charge in [-0.15, -0.1) is 0 Å². The van der Waals surface area contributed by atoms with Gasteiger partial charge in [0.05, 0.1) is 0 Å². The first kappa shape index (κ1) is 16.8. The standard InChI is InChI=1S/C19H32N2O2/c22-18(20-17-7-3-1-4-8-17)15-9-11-16(12-10-15)19(23)21-13-5-2-6-14-21/h15-17H,1-14H2,(H,20,22). The summed E-state index contributed by atoms with van der Waals surface area (Å²) in [5, 5.41) is 3.26. The van der Waals surface area contributed by atoms with Gasteiger partial charge in [-0.05, 0) is 57.8 Å². The molecule has 1 heterocycles. The Labute approximate surface area is 140 Å². The highest BCUT2D eigenvalue weighted by atomic mass is 16.2. The number of likely N-dealkylation sites (tertiary alicyclic amines) is 1. The second-order valence-electron chi connectivity index (χ2n) is 7.78. The predicted octanol–water partition coefficient (Wildman–Crippen LogP) is 3.25. The van der Waals surface area contributed by atoms with Crippen LogP contribution in [0.15, 0.2) is 0 Å². The molecule has 1 aliphatic heterocycles. The molecule has 0 aromatic heterocycles. The Kier molecular flexibility index (Phi) is 5.96. The van der Waals surface area contributed by atoms with E-state index in [4.69, 9.17) is 0 Å². The molecular formula is C19H32N2O2. The van der Waals surface area contributed by atoms with Crippen LogP contribution in [0.1, 0.15) is 77.0 Å². The third-order valence-electron chi connectivity index (χ3n) is 6.07. The zero-order valence-corrected chi connectivity index (χ0v) is 14.4. The van der Waals surface area contributed by atoms with Gasteiger partial charge in [0.25, 0.3) is 0 Å². The first-order valence-electron chi connectivity index (χ1n) is 9.83. The molecule has 23 heavy (non-hydrogen) atoms. The highest BCUT2D eigenvalue weighted by Gasteiger charge is 2.33. The molecule has 2 saturated carbocycles. The second kappa shape index (κ2) is 8.16. The van der Waals surface area contributed by atoms with Gasteiger partial charge in [-0.1, -0.05) is 19.3 Å². The molecule has 1 N–H and O–H groups in total. The number of nitrogens with one attached hydrogen (secondary N) is 1. The Balaban J connectivity index is 1.42. The summed E-state index contributed by atoms with van der Waals surface area (Å²) in [6, 6.07) is 0.406. The lowest BCUT2D eigenvalue weighted by atomic mass is 9.80. The molecule has 0 aromatic carbocycles. The minimum atomic E-state index is 0.141. The number of amides is 2. The number of nitrogens with zero attached hydrogens (tertiary/aromatic N) is 1. The Morgan fingerprint density at radius 1 is 0.696 bits per heavy atom. The van der Waals surface area contributed by atoms with Gasteiger partial charge in [0.2, 0.25) is 11.8 Å². The largest absolute Gasteiger partial charge is 0.353 e. The van der Waals surface area contributed by atoms with Gasteiger partial charge in [-0.25, -0.2) is 0 Å². The molecule has 4 heteroatoms. The molecule has 3 aliphatic rings. The van der Waals surface area contributed by atoms with Crippen molar-refractivity contribution in [1.29, 1.82) is 0 Å².